The number of hydrogen-bond acceptors (Lipinski definition) is 3. The van der Waals surface area contributed by atoms with Gasteiger partial charge in [-0.1, -0.05) is 18.2 Å². The van der Waals surface area contributed by atoms with Crippen molar-refractivity contribution in [1.82, 2.24) is 5.32 Å². The summed E-state index contributed by atoms with van der Waals surface area (Å²) >= 11 is 0. The molecule has 0 aliphatic carbocycles. The zero-order valence-corrected chi connectivity index (χ0v) is 14.1. The molecule has 0 spiro atoms. The zero-order valence-electron chi connectivity index (χ0n) is 14.1. The van der Waals surface area contributed by atoms with Crippen molar-refractivity contribution in [3.63, 3.8) is 0 Å². The van der Waals surface area contributed by atoms with E-state index in [4.69, 9.17) is 4.74 Å². The Balaban J connectivity index is 2.02. The van der Waals surface area contributed by atoms with Crippen molar-refractivity contribution in [2.75, 3.05) is 13.7 Å². The van der Waals surface area contributed by atoms with E-state index < -0.39 is 29.8 Å². The number of alkyl halides is 5. The van der Waals surface area contributed by atoms with Crippen molar-refractivity contribution in [2.24, 2.45) is 0 Å². The Labute approximate surface area is 151 Å². The van der Waals surface area contributed by atoms with Crippen LogP contribution in [0.3, 0.4) is 0 Å². The number of carbonyl (C=O) groups excluding carboxylic acids is 1. The van der Waals surface area contributed by atoms with Crippen LogP contribution in [-0.4, -0.2) is 26.2 Å². The van der Waals surface area contributed by atoms with Gasteiger partial charge in [0.05, 0.1) is 18.2 Å². The van der Waals surface area contributed by atoms with Crippen LogP contribution in [0.2, 0.25) is 0 Å². The van der Waals surface area contributed by atoms with Gasteiger partial charge in [0.2, 0.25) is 0 Å². The first-order valence-electron chi connectivity index (χ1n) is 7.78. The highest BCUT2D eigenvalue weighted by atomic mass is 19.4. The van der Waals surface area contributed by atoms with Gasteiger partial charge in [-0.15, -0.1) is 0 Å². The van der Waals surface area contributed by atoms with Gasteiger partial charge in [-0.05, 0) is 36.2 Å². The highest BCUT2D eigenvalue weighted by Gasteiger charge is 2.34. The SMILES string of the molecule is COc1cc(CCNC(=O)c2ccccc2C(F)(F)F)ccc1OC(F)F. The second-order valence-corrected chi connectivity index (χ2v) is 5.41. The molecule has 0 atom stereocenters. The predicted molar refractivity (Wildman–Crippen MR) is 87.1 cm³/mol. The van der Waals surface area contributed by atoms with Crippen LogP contribution in [0.25, 0.3) is 0 Å². The molecule has 0 aliphatic heterocycles. The lowest BCUT2D eigenvalue weighted by molar-refractivity contribution is -0.137. The standard InChI is InChI=1S/C18H16F5NO3/c1-26-15-10-11(6-7-14(15)27-17(19)20)8-9-24-16(25)12-4-2-3-5-13(12)18(21,22)23/h2-7,10,17H,8-9H2,1H3,(H,24,25). The van der Waals surface area contributed by atoms with E-state index in [1.165, 1.54) is 37.4 Å². The number of halogens is 5. The Morgan fingerprint density at radius 1 is 1.11 bits per heavy atom. The third-order valence-electron chi connectivity index (χ3n) is 3.62. The molecule has 1 amide bonds. The van der Waals surface area contributed by atoms with Crippen LogP contribution < -0.4 is 14.8 Å². The molecule has 0 radical (unpaired) electrons. The number of ether oxygens (including phenoxy) is 2. The zero-order chi connectivity index (χ0) is 20.0. The fraction of sp³-hybridized carbons (Fsp3) is 0.278. The van der Waals surface area contributed by atoms with E-state index in [9.17, 15) is 26.7 Å². The normalized spacial score (nSPS) is 11.4. The molecule has 0 aromatic heterocycles. The fourth-order valence-electron chi connectivity index (χ4n) is 2.40. The molecule has 2 aromatic rings. The van der Waals surface area contributed by atoms with Crippen LogP contribution >= 0.6 is 0 Å². The van der Waals surface area contributed by atoms with E-state index in [0.717, 1.165) is 12.1 Å². The molecule has 2 rings (SSSR count). The summed E-state index contributed by atoms with van der Waals surface area (Å²) in [6, 6.07) is 8.72. The Morgan fingerprint density at radius 2 is 1.81 bits per heavy atom. The first-order chi connectivity index (χ1) is 12.7. The summed E-state index contributed by atoms with van der Waals surface area (Å²) in [4.78, 5) is 12.1. The van der Waals surface area contributed by atoms with Crippen molar-refractivity contribution in [2.45, 2.75) is 19.2 Å². The van der Waals surface area contributed by atoms with Crippen molar-refractivity contribution in [3.8, 4) is 11.5 Å². The summed E-state index contributed by atoms with van der Waals surface area (Å²) in [6.07, 6.45) is -4.38. The summed E-state index contributed by atoms with van der Waals surface area (Å²) in [5, 5.41) is 2.41. The largest absolute Gasteiger partial charge is 0.493 e. The number of benzene rings is 2. The average Bonchev–Trinajstić information content (AvgIpc) is 2.61. The van der Waals surface area contributed by atoms with Gasteiger partial charge in [-0.3, -0.25) is 4.79 Å². The number of rotatable bonds is 7. The summed E-state index contributed by atoms with van der Waals surface area (Å²) in [7, 11) is 1.29. The van der Waals surface area contributed by atoms with Gasteiger partial charge in [-0.2, -0.15) is 22.0 Å². The number of nitrogens with one attached hydrogen (secondary N) is 1. The summed E-state index contributed by atoms with van der Waals surface area (Å²) in [5.74, 6) is -0.909. The van der Waals surface area contributed by atoms with Gasteiger partial charge < -0.3 is 14.8 Å². The van der Waals surface area contributed by atoms with Gasteiger partial charge in [0.15, 0.2) is 11.5 Å². The molecule has 2 aromatic carbocycles. The highest BCUT2D eigenvalue weighted by molar-refractivity contribution is 5.95. The van der Waals surface area contributed by atoms with Gasteiger partial charge in [0, 0.05) is 6.54 Å². The minimum absolute atomic E-state index is 0.0449. The van der Waals surface area contributed by atoms with Crippen molar-refractivity contribution in [3.05, 3.63) is 59.2 Å². The molecule has 1 N–H and O–H groups in total. The topological polar surface area (TPSA) is 47.6 Å². The van der Waals surface area contributed by atoms with Crippen molar-refractivity contribution >= 4 is 5.91 Å². The monoisotopic (exact) mass is 389 g/mol. The Bertz CT molecular complexity index is 793. The lowest BCUT2D eigenvalue weighted by Gasteiger charge is -2.13. The van der Waals surface area contributed by atoms with Crippen molar-refractivity contribution in [1.29, 1.82) is 0 Å². The highest BCUT2D eigenvalue weighted by Crippen LogP contribution is 2.32. The quantitative estimate of drug-likeness (QED) is 0.719. The second kappa shape index (κ2) is 8.70. The van der Waals surface area contributed by atoms with Crippen LogP contribution in [0.15, 0.2) is 42.5 Å². The molecule has 0 aliphatic rings. The molecule has 146 valence electrons. The summed E-state index contributed by atoms with van der Waals surface area (Å²) < 4.78 is 72.7. The second-order valence-electron chi connectivity index (χ2n) is 5.41. The molecule has 0 saturated heterocycles. The Morgan fingerprint density at radius 3 is 2.44 bits per heavy atom. The third kappa shape index (κ3) is 5.57. The minimum Gasteiger partial charge on any atom is -0.493 e. The molecule has 0 heterocycles. The lowest BCUT2D eigenvalue weighted by Crippen LogP contribution is -2.28. The molecule has 27 heavy (non-hydrogen) atoms. The van der Waals surface area contributed by atoms with Gasteiger partial charge in [-0.25, -0.2) is 0 Å². The number of hydrogen-bond donors (Lipinski definition) is 1. The third-order valence-corrected chi connectivity index (χ3v) is 3.62. The molecule has 0 unspecified atom stereocenters. The molecular weight excluding hydrogens is 373 g/mol. The minimum atomic E-state index is -4.64. The number of amides is 1. The molecule has 0 fully saturated rings. The Hall–Kier alpha value is -2.84. The predicted octanol–water partition coefficient (Wildman–Crippen LogP) is 4.29. The van der Waals surface area contributed by atoms with Crippen LogP contribution in [0.1, 0.15) is 21.5 Å². The fourth-order valence-corrected chi connectivity index (χ4v) is 2.40. The van der Waals surface area contributed by atoms with Gasteiger partial charge in [0.25, 0.3) is 5.91 Å². The van der Waals surface area contributed by atoms with E-state index in [1.807, 2.05) is 0 Å². The first kappa shape index (κ1) is 20.5. The average molecular weight is 389 g/mol. The molecule has 9 heteroatoms. The maximum absolute atomic E-state index is 12.9. The first-order valence-corrected chi connectivity index (χ1v) is 7.78. The summed E-state index contributed by atoms with van der Waals surface area (Å²) in [6.45, 7) is -2.96. The molecule has 0 saturated carbocycles. The summed E-state index contributed by atoms with van der Waals surface area (Å²) in [5.41, 5.74) is -0.862. The molecule has 4 nitrogen and oxygen atoms in total. The van der Waals surface area contributed by atoms with E-state index in [-0.39, 0.29) is 24.5 Å². The van der Waals surface area contributed by atoms with Crippen LogP contribution in [-0.2, 0) is 12.6 Å². The molecule has 0 bridgehead atoms. The maximum Gasteiger partial charge on any atom is 0.417 e. The molecular formula is C18H16F5NO3. The number of methoxy groups -OCH3 is 1. The maximum atomic E-state index is 12.9. The smallest absolute Gasteiger partial charge is 0.417 e. The lowest BCUT2D eigenvalue weighted by atomic mass is 10.1. The number of carbonyl (C=O) groups is 1. The van der Waals surface area contributed by atoms with Gasteiger partial charge in [0.1, 0.15) is 0 Å². The van der Waals surface area contributed by atoms with E-state index >= 15 is 0 Å². The van der Waals surface area contributed by atoms with E-state index in [2.05, 4.69) is 10.1 Å². The van der Waals surface area contributed by atoms with E-state index in [1.54, 1.807) is 0 Å². The van der Waals surface area contributed by atoms with E-state index in [0.29, 0.717) is 5.56 Å². The Kier molecular flexibility index (Phi) is 6.59. The van der Waals surface area contributed by atoms with Crippen LogP contribution in [0.5, 0.6) is 11.5 Å². The van der Waals surface area contributed by atoms with Crippen LogP contribution in [0, 0.1) is 0 Å². The van der Waals surface area contributed by atoms with Crippen molar-refractivity contribution < 1.29 is 36.2 Å². The van der Waals surface area contributed by atoms with Crippen LogP contribution in [0.4, 0.5) is 22.0 Å². The van der Waals surface area contributed by atoms with Gasteiger partial charge >= 0.3 is 12.8 Å².